The summed E-state index contributed by atoms with van der Waals surface area (Å²) in [7, 11) is 1.45. The number of benzene rings is 3. The van der Waals surface area contributed by atoms with Crippen molar-refractivity contribution in [1.82, 2.24) is 0 Å². The van der Waals surface area contributed by atoms with Crippen molar-refractivity contribution in [2.45, 2.75) is 38.8 Å². The van der Waals surface area contributed by atoms with Gasteiger partial charge in [0.05, 0.1) is 20.1 Å². The summed E-state index contributed by atoms with van der Waals surface area (Å²) >= 11 is 0. The highest BCUT2D eigenvalue weighted by Crippen LogP contribution is 2.40. The number of esters is 1. The molecule has 39 heavy (non-hydrogen) atoms. The lowest BCUT2D eigenvalue weighted by Gasteiger charge is -2.16. The Labute approximate surface area is 222 Å². The van der Waals surface area contributed by atoms with Gasteiger partial charge in [0, 0.05) is 29.1 Å². The molecule has 0 radical (unpaired) electrons. The molecule has 0 bridgehead atoms. The molecule has 10 heteroatoms. The van der Waals surface area contributed by atoms with Crippen molar-refractivity contribution in [3.63, 3.8) is 0 Å². The SMILES string of the molecule is CCOC(=O)Cc1ccc(OC)cc1OCc1c(C(O)C(F)(F)F)oc2ccc(-c3cccc(CN)c3)cc12. The number of methoxy groups -OCH3 is 1. The first-order chi connectivity index (χ1) is 18.6. The van der Waals surface area contributed by atoms with Crippen molar-refractivity contribution >= 4 is 16.9 Å². The number of furan rings is 1. The van der Waals surface area contributed by atoms with E-state index < -0.39 is 24.0 Å². The van der Waals surface area contributed by atoms with E-state index in [4.69, 9.17) is 24.4 Å². The molecule has 0 spiro atoms. The maximum Gasteiger partial charge on any atom is 0.421 e. The minimum Gasteiger partial charge on any atom is -0.497 e. The van der Waals surface area contributed by atoms with E-state index in [1.807, 2.05) is 24.3 Å². The molecule has 0 aliphatic rings. The number of halogens is 3. The van der Waals surface area contributed by atoms with E-state index in [-0.39, 0.29) is 36.5 Å². The number of aliphatic hydroxyl groups is 1. The molecule has 0 fully saturated rings. The van der Waals surface area contributed by atoms with Crippen LogP contribution in [0, 0.1) is 0 Å². The van der Waals surface area contributed by atoms with Crippen molar-refractivity contribution in [1.29, 1.82) is 0 Å². The molecule has 206 valence electrons. The lowest BCUT2D eigenvalue weighted by Crippen LogP contribution is -2.21. The third kappa shape index (κ3) is 6.35. The Morgan fingerprint density at radius 1 is 1.08 bits per heavy atom. The highest BCUT2D eigenvalue weighted by atomic mass is 19.4. The van der Waals surface area contributed by atoms with Crippen LogP contribution in [-0.2, 0) is 29.1 Å². The third-order valence-corrected chi connectivity index (χ3v) is 6.16. The maximum atomic E-state index is 13.6. The Balaban J connectivity index is 1.77. The van der Waals surface area contributed by atoms with E-state index in [0.717, 1.165) is 16.7 Å². The van der Waals surface area contributed by atoms with Crippen molar-refractivity contribution in [3.05, 3.63) is 83.1 Å². The molecule has 0 aliphatic carbocycles. The molecule has 3 N–H and O–H groups in total. The lowest BCUT2D eigenvalue weighted by molar-refractivity contribution is -0.211. The van der Waals surface area contributed by atoms with Gasteiger partial charge in [0.15, 0.2) is 0 Å². The predicted molar refractivity (Wildman–Crippen MR) is 138 cm³/mol. The fourth-order valence-corrected chi connectivity index (χ4v) is 4.20. The summed E-state index contributed by atoms with van der Waals surface area (Å²) in [5, 5.41) is 10.5. The molecule has 3 aromatic carbocycles. The summed E-state index contributed by atoms with van der Waals surface area (Å²) in [5.74, 6) is -0.512. The second-order valence-corrected chi connectivity index (χ2v) is 8.75. The number of fused-ring (bicyclic) bond motifs is 1. The molecular formula is C29H28F3NO6. The van der Waals surface area contributed by atoms with Gasteiger partial charge in [0.2, 0.25) is 6.10 Å². The average Bonchev–Trinajstić information content (AvgIpc) is 3.29. The van der Waals surface area contributed by atoms with Crippen LogP contribution >= 0.6 is 0 Å². The minimum absolute atomic E-state index is 0.0246. The van der Waals surface area contributed by atoms with Crippen molar-refractivity contribution in [2.75, 3.05) is 13.7 Å². The zero-order valence-electron chi connectivity index (χ0n) is 21.4. The molecule has 0 saturated carbocycles. The number of aliphatic hydroxyl groups excluding tert-OH is 1. The predicted octanol–water partition coefficient (Wildman–Crippen LogP) is 5.85. The second-order valence-electron chi connectivity index (χ2n) is 8.75. The van der Waals surface area contributed by atoms with Crippen LogP contribution in [0.3, 0.4) is 0 Å². The number of hydrogen-bond acceptors (Lipinski definition) is 7. The normalized spacial score (nSPS) is 12.4. The van der Waals surface area contributed by atoms with Crippen molar-refractivity contribution < 1.29 is 41.7 Å². The summed E-state index contributed by atoms with van der Waals surface area (Å²) in [5.41, 5.74) is 8.82. The van der Waals surface area contributed by atoms with Gasteiger partial charge in [-0.05, 0) is 47.9 Å². The zero-order valence-corrected chi connectivity index (χ0v) is 21.4. The van der Waals surface area contributed by atoms with Gasteiger partial charge in [0.1, 0.15) is 29.4 Å². The minimum atomic E-state index is -4.97. The molecule has 1 unspecified atom stereocenters. The molecule has 7 nitrogen and oxygen atoms in total. The molecule has 0 saturated heterocycles. The summed E-state index contributed by atoms with van der Waals surface area (Å²) in [6.07, 6.45) is -7.94. The number of carbonyl (C=O) groups is 1. The van der Waals surface area contributed by atoms with Crippen LogP contribution in [0.2, 0.25) is 0 Å². The first-order valence-electron chi connectivity index (χ1n) is 12.2. The Bertz CT molecular complexity index is 1460. The van der Waals surface area contributed by atoms with Crippen LogP contribution in [0.25, 0.3) is 22.1 Å². The van der Waals surface area contributed by atoms with E-state index in [2.05, 4.69) is 0 Å². The Morgan fingerprint density at radius 3 is 2.54 bits per heavy atom. The van der Waals surface area contributed by atoms with Crippen LogP contribution in [-0.4, -0.2) is 31.0 Å². The number of ether oxygens (including phenoxy) is 3. The molecule has 1 aromatic heterocycles. The van der Waals surface area contributed by atoms with E-state index in [1.165, 1.54) is 13.2 Å². The third-order valence-electron chi connectivity index (χ3n) is 6.16. The summed E-state index contributed by atoms with van der Waals surface area (Å²) in [6.45, 7) is 1.82. The highest BCUT2D eigenvalue weighted by Gasteiger charge is 2.43. The maximum absolute atomic E-state index is 13.6. The largest absolute Gasteiger partial charge is 0.497 e. The number of nitrogens with two attached hydrogens (primary N) is 1. The first kappa shape index (κ1) is 28.0. The van der Waals surface area contributed by atoms with Gasteiger partial charge in [0.25, 0.3) is 0 Å². The summed E-state index contributed by atoms with van der Waals surface area (Å²) < 4.78 is 62.5. The van der Waals surface area contributed by atoms with Crippen LogP contribution in [0.15, 0.2) is 65.1 Å². The second kappa shape index (κ2) is 11.8. The van der Waals surface area contributed by atoms with Crippen molar-refractivity contribution in [3.8, 4) is 22.6 Å². The van der Waals surface area contributed by atoms with Crippen molar-refractivity contribution in [2.24, 2.45) is 5.73 Å². The fourth-order valence-electron chi connectivity index (χ4n) is 4.20. The van der Waals surface area contributed by atoms with E-state index in [9.17, 15) is 23.1 Å². The van der Waals surface area contributed by atoms with Gasteiger partial charge in [-0.25, -0.2) is 0 Å². The summed E-state index contributed by atoms with van der Waals surface area (Å²) in [6, 6.07) is 17.2. The number of alkyl halides is 3. The van der Waals surface area contributed by atoms with Crippen LogP contribution in [0.4, 0.5) is 13.2 Å². The fraction of sp³-hybridized carbons (Fsp3) is 0.276. The molecule has 4 aromatic rings. The smallest absolute Gasteiger partial charge is 0.421 e. The van der Waals surface area contributed by atoms with Gasteiger partial charge < -0.3 is 29.5 Å². The van der Waals surface area contributed by atoms with Gasteiger partial charge in [-0.1, -0.05) is 30.3 Å². The van der Waals surface area contributed by atoms with Crippen LogP contribution in [0.1, 0.15) is 35.5 Å². The number of hydrogen-bond donors (Lipinski definition) is 2. The Kier molecular flexibility index (Phi) is 8.47. The van der Waals surface area contributed by atoms with E-state index in [1.54, 1.807) is 37.3 Å². The molecule has 4 rings (SSSR count). The standard InChI is InChI=1S/C29H28F3NO6/c1-3-37-26(34)13-20-7-9-21(36-2)14-25(20)38-16-23-22-12-19(18-6-4-5-17(11-18)15-33)8-10-24(22)39-27(23)28(35)29(30,31)32/h4-12,14,28,35H,3,13,15-16,33H2,1-2H3. The number of carbonyl (C=O) groups excluding carboxylic acids is 1. The van der Waals surface area contributed by atoms with Crippen LogP contribution < -0.4 is 15.2 Å². The quantitative estimate of drug-likeness (QED) is 0.242. The molecule has 1 atom stereocenters. The summed E-state index contributed by atoms with van der Waals surface area (Å²) in [4.78, 5) is 12.1. The van der Waals surface area contributed by atoms with Gasteiger partial charge in [-0.2, -0.15) is 13.2 Å². The molecule has 1 heterocycles. The van der Waals surface area contributed by atoms with Gasteiger partial charge in [-0.15, -0.1) is 0 Å². The first-order valence-corrected chi connectivity index (χ1v) is 12.2. The molecule has 0 aliphatic heterocycles. The van der Waals surface area contributed by atoms with Gasteiger partial charge in [-0.3, -0.25) is 4.79 Å². The average molecular weight is 544 g/mol. The monoisotopic (exact) mass is 543 g/mol. The van der Waals surface area contributed by atoms with E-state index >= 15 is 0 Å². The Hall–Kier alpha value is -4.02. The Morgan fingerprint density at radius 2 is 1.85 bits per heavy atom. The lowest BCUT2D eigenvalue weighted by atomic mass is 10.00. The highest BCUT2D eigenvalue weighted by molar-refractivity contribution is 5.87. The number of rotatable bonds is 10. The molecular weight excluding hydrogens is 515 g/mol. The molecule has 0 amide bonds. The topological polar surface area (TPSA) is 104 Å². The van der Waals surface area contributed by atoms with Gasteiger partial charge >= 0.3 is 12.1 Å². The van der Waals surface area contributed by atoms with E-state index in [0.29, 0.717) is 23.2 Å². The zero-order chi connectivity index (χ0) is 28.2. The van der Waals surface area contributed by atoms with Crippen LogP contribution in [0.5, 0.6) is 11.5 Å².